The van der Waals surface area contributed by atoms with E-state index in [4.69, 9.17) is 21.1 Å². The maximum absolute atomic E-state index is 11.7. The molecule has 0 heterocycles. The molecule has 2 unspecified atom stereocenters. The number of phenols is 1. The van der Waals surface area contributed by atoms with Gasteiger partial charge in [-0.15, -0.1) is 0 Å². The molecule has 6 heteroatoms. The minimum absolute atomic E-state index is 0.0717. The number of phenolic OH excluding ortho intramolecular Hbond substituents is 1. The Kier molecular flexibility index (Phi) is 5.70. The number of carboxylic acids is 1. The van der Waals surface area contributed by atoms with Crippen LogP contribution in [0.1, 0.15) is 19.4 Å². The predicted octanol–water partition coefficient (Wildman–Crippen LogP) is 3.87. The number of carboxylic acid groups (broad SMARTS) is 1. The first-order valence-electron chi connectivity index (χ1n) is 7.39. The first kappa shape index (κ1) is 18.1. The molecule has 128 valence electrons. The monoisotopic (exact) mass is 350 g/mol. The predicted molar refractivity (Wildman–Crippen MR) is 90.5 cm³/mol. The fourth-order valence-electron chi connectivity index (χ4n) is 2.05. The fourth-order valence-corrected chi connectivity index (χ4v) is 2.24. The zero-order valence-corrected chi connectivity index (χ0v) is 14.2. The highest BCUT2D eigenvalue weighted by molar-refractivity contribution is 6.31. The molecule has 2 rings (SSSR count). The van der Waals surface area contributed by atoms with Crippen LogP contribution < -0.4 is 4.74 Å². The normalized spacial score (nSPS) is 14.6. The van der Waals surface area contributed by atoms with E-state index in [1.54, 1.807) is 13.0 Å². The van der Waals surface area contributed by atoms with Gasteiger partial charge in [-0.1, -0.05) is 29.8 Å². The summed E-state index contributed by atoms with van der Waals surface area (Å²) in [5.41, 5.74) is -0.832. The number of halogens is 1. The Morgan fingerprint density at radius 1 is 1.21 bits per heavy atom. The molecule has 0 bridgehead atoms. The summed E-state index contributed by atoms with van der Waals surface area (Å²) in [4.78, 5) is 11.7. The third-order valence-corrected chi connectivity index (χ3v) is 4.18. The maximum atomic E-state index is 11.7. The second-order valence-corrected chi connectivity index (χ2v) is 5.96. The van der Waals surface area contributed by atoms with Crippen LogP contribution in [0.4, 0.5) is 0 Å². The van der Waals surface area contributed by atoms with Crippen molar-refractivity contribution in [1.82, 2.24) is 0 Å². The second-order valence-electron chi connectivity index (χ2n) is 5.55. The quantitative estimate of drug-likeness (QED) is 0.792. The number of carbonyl (C=O) groups is 1. The molecule has 5 nitrogen and oxygen atoms in total. The number of aliphatic carboxylic acids is 1. The van der Waals surface area contributed by atoms with E-state index in [2.05, 4.69) is 0 Å². The molecule has 2 aromatic carbocycles. The lowest BCUT2D eigenvalue weighted by atomic mass is 10.00. The van der Waals surface area contributed by atoms with Crippen molar-refractivity contribution in [1.29, 1.82) is 0 Å². The molecule has 0 amide bonds. The molecular weight excluding hydrogens is 332 g/mol. The van der Waals surface area contributed by atoms with Crippen molar-refractivity contribution in [2.24, 2.45) is 0 Å². The molecule has 0 saturated carbocycles. The molecule has 0 radical (unpaired) electrons. The molecule has 0 aliphatic heterocycles. The highest BCUT2D eigenvalue weighted by atomic mass is 35.5. The van der Waals surface area contributed by atoms with E-state index in [9.17, 15) is 15.0 Å². The number of benzene rings is 2. The van der Waals surface area contributed by atoms with Gasteiger partial charge in [-0.25, -0.2) is 4.79 Å². The highest BCUT2D eigenvalue weighted by Gasteiger charge is 2.42. The first-order chi connectivity index (χ1) is 11.3. The Morgan fingerprint density at radius 3 is 2.42 bits per heavy atom. The van der Waals surface area contributed by atoms with Gasteiger partial charge in [0.15, 0.2) is 0 Å². The van der Waals surface area contributed by atoms with Gasteiger partial charge >= 0.3 is 5.97 Å². The van der Waals surface area contributed by atoms with Crippen molar-refractivity contribution >= 4 is 17.6 Å². The van der Waals surface area contributed by atoms with Crippen LogP contribution in [0.2, 0.25) is 5.02 Å². The summed E-state index contributed by atoms with van der Waals surface area (Å²) in [6.07, 6.45) is -0.750. The van der Waals surface area contributed by atoms with Crippen molar-refractivity contribution in [2.75, 3.05) is 0 Å². The Bertz CT molecular complexity index is 701. The van der Waals surface area contributed by atoms with Gasteiger partial charge in [-0.3, -0.25) is 0 Å². The van der Waals surface area contributed by atoms with Crippen LogP contribution in [0, 0.1) is 0 Å². The molecule has 2 atom stereocenters. The minimum atomic E-state index is -1.60. The molecule has 0 saturated heterocycles. The van der Waals surface area contributed by atoms with Crippen molar-refractivity contribution in [3.05, 3.63) is 59.1 Å². The third-order valence-electron chi connectivity index (χ3n) is 3.81. The van der Waals surface area contributed by atoms with Crippen molar-refractivity contribution < 1.29 is 24.5 Å². The van der Waals surface area contributed by atoms with Crippen LogP contribution in [0.15, 0.2) is 48.5 Å². The number of aromatic hydroxyl groups is 1. The fraction of sp³-hybridized carbons (Fsp3) is 0.278. The van der Waals surface area contributed by atoms with Crippen LogP contribution in [-0.4, -0.2) is 27.9 Å². The molecule has 0 aliphatic rings. The van der Waals surface area contributed by atoms with E-state index in [-0.39, 0.29) is 12.4 Å². The van der Waals surface area contributed by atoms with Gasteiger partial charge < -0.3 is 19.7 Å². The van der Waals surface area contributed by atoms with E-state index < -0.39 is 17.7 Å². The maximum Gasteiger partial charge on any atom is 0.350 e. The number of ether oxygens (including phenoxy) is 2. The summed E-state index contributed by atoms with van der Waals surface area (Å²) in [5, 5.41) is 19.4. The van der Waals surface area contributed by atoms with Crippen LogP contribution in [0.5, 0.6) is 11.5 Å². The number of hydrogen-bond acceptors (Lipinski definition) is 4. The Hall–Kier alpha value is -2.24. The number of hydrogen-bond donors (Lipinski definition) is 2. The van der Waals surface area contributed by atoms with Crippen LogP contribution in [0.25, 0.3) is 0 Å². The van der Waals surface area contributed by atoms with Crippen molar-refractivity contribution in [3.63, 3.8) is 0 Å². The molecular formula is C18H19ClO5. The van der Waals surface area contributed by atoms with Gasteiger partial charge in [0.2, 0.25) is 5.60 Å². The standard InChI is InChI=1S/C18H19ClO5/c1-12(23-11-13-5-3-4-6-16(13)19)18(2,17(21)22)24-15-9-7-14(20)8-10-15/h3-10,12,20H,11H2,1-2H3,(H,21,22). The van der Waals surface area contributed by atoms with E-state index in [0.717, 1.165) is 5.56 Å². The summed E-state index contributed by atoms with van der Waals surface area (Å²) < 4.78 is 11.3. The van der Waals surface area contributed by atoms with Gasteiger partial charge in [-0.05, 0) is 49.7 Å². The van der Waals surface area contributed by atoms with E-state index in [1.165, 1.54) is 31.2 Å². The summed E-state index contributed by atoms with van der Waals surface area (Å²) in [7, 11) is 0. The smallest absolute Gasteiger partial charge is 0.350 e. The Morgan fingerprint density at radius 2 is 1.83 bits per heavy atom. The molecule has 2 aromatic rings. The largest absolute Gasteiger partial charge is 0.508 e. The van der Waals surface area contributed by atoms with E-state index in [0.29, 0.717) is 10.8 Å². The molecule has 2 N–H and O–H groups in total. The lowest BCUT2D eigenvalue weighted by Gasteiger charge is -2.32. The molecule has 0 aliphatic carbocycles. The lowest BCUT2D eigenvalue weighted by molar-refractivity contribution is -0.168. The molecule has 0 aromatic heterocycles. The van der Waals surface area contributed by atoms with E-state index in [1.807, 2.05) is 18.2 Å². The van der Waals surface area contributed by atoms with Gasteiger partial charge in [-0.2, -0.15) is 0 Å². The average Bonchev–Trinajstić information content (AvgIpc) is 2.55. The summed E-state index contributed by atoms with van der Waals surface area (Å²) in [6.45, 7) is 3.24. The van der Waals surface area contributed by atoms with Gasteiger partial charge in [0.25, 0.3) is 0 Å². The zero-order chi connectivity index (χ0) is 17.7. The van der Waals surface area contributed by atoms with Crippen LogP contribution >= 0.6 is 11.6 Å². The summed E-state index contributed by atoms with van der Waals surface area (Å²) >= 11 is 6.08. The second kappa shape index (κ2) is 7.55. The van der Waals surface area contributed by atoms with Crippen molar-refractivity contribution in [3.8, 4) is 11.5 Å². The lowest BCUT2D eigenvalue weighted by Crippen LogP contribution is -2.51. The average molecular weight is 351 g/mol. The third kappa shape index (κ3) is 4.19. The summed E-state index contributed by atoms with van der Waals surface area (Å²) in [5.74, 6) is -0.754. The molecule has 0 fully saturated rings. The van der Waals surface area contributed by atoms with E-state index >= 15 is 0 Å². The van der Waals surface area contributed by atoms with Gasteiger partial charge in [0, 0.05) is 5.02 Å². The number of rotatable bonds is 7. The van der Waals surface area contributed by atoms with Crippen LogP contribution in [0.3, 0.4) is 0 Å². The van der Waals surface area contributed by atoms with Crippen molar-refractivity contribution in [2.45, 2.75) is 32.2 Å². The van der Waals surface area contributed by atoms with Gasteiger partial charge in [0.05, 0.1) is 6.61 Å². The SMILES string of the molecule is CC(OCc1ccccc1Cl)C(C)(Oc1ccc(O)cc1)C(=O)O. The highest BCUT2D eigenvalue weighted by Crippen LogP contribution is 2.26. The Balaban J connectivity index is 2.11. The van der Waals surface area contributed by atoms with Crippen LogP contribution in [-0.2, 0) is 16.1 Å². The summed E-state index contributed by atoms with van der Waals surface area (Å²) in [6, 6.07) is 13.0. The van der Waals surface area contributed by atoms with Gasteiger partial charge in [0.1, 0.15) is 17.6 Å². The molecule has 0 spiro atoms. The molecule has 24 heavy (non-hydrogen) atoms. The first-order valence-corrected chi connectivity index (χ1v) is 7.77. The Labute approximate surface area is 145 Å². The minimum Gasteiger partial charge on any atom is -0.508 e. The zero-order valence-electron chi connectivity index (χ0n) is 13.4. The topological polar surface area (TPSA) is 76.0 Å².